The molecular weight excluding hydrogens is 240 g/mol. The molecule has 19 heavy (non-hydrogen) atoms. The maximum absolute atomic E-state index is 12.0. The molecule has 0 bridgehead atoms. The van der Waals surface area contributed by atoms with Crippen molar-refractivity contribution in [2.75, 3.05) is 17.7 Å². The molecule has 0 spiro atoms. The average Bonchev–Trinajstić information content (AvgIpc) is 3.15. The van der Waals surface area contributed by atoms with E-state index in [9.17, 15) is 4.79 Å². The molecule has 0 aliphatic heterocycles. The fourth-order valence-corrected chi connectivity index (χ4v) is 2.30. The van der Waals surface area contributed by atoms with E-state index in [2.05, 4.69) is 19.2 Å². The molecule has 4 heteroatoms. The molecule has 0 atom stereocenters. The Morgan fingerprint density at radius 1 is 1.47 bits per heavy atom. The number of nitrogens with two attached hydrogens (primary N) is 1. The van der Waals surface area contributed by atoms with Gasteiger partial charge in [0.05, 0.1) is 12.2 Å². The molecule has 1 aliphatic rings. The molecule has 0 heterocycles. The van der Waals surface area contributed by atoms with Crippen LogP contribution in [0.2, 0.25) is 0 Å². The minimum absolute atomic E-state index is 0.0165. The lowest BCUT2D eigenvalue weighted by molar-refractivity contribution is 0.0527. The molecule has 1 saturated carbocycles. The molecule has 0 saturated heterocycles. The minimum atomic E-state index is -0.330. The first kappa shape index (κ1) is 13.7. The molecule has 1 fully saturated rings. The van der Waals surface area contributed by atoms with Crippen LogP contribution in [0.25, 0.3) is 0 Å². The van der Waals surface area contributed by atoms with Crippen molar-refractivity contribution in [3.8, 4) is 0 Å². The SMILES string of the molecule is CCOC(=O)c1cc(N)ccc1NC(C)(C)C1CC1. The van der Waals surface area contributed by atoms with Gasteiger partial charge in [-0.2, -0.15) is 0 Å². The van der Waals surface area contributed by atoms with Gasteiger partial charge in [0.1, 0.15) is 0 Å². The normalized spacial score (nSPS) is 15.1. The van der Waals surface area contributed by atoms with Gasteiger partial charge >= 0.3 is 5.97 Å². The Kier molecular flexibility index (Phi) is 3.69. The summed E-state index contributed by atoms with van der Waals surface area (Å²) in [6.45, 7) is 6.48. The van der Waals surface area contributed by atoms with Crippen molar-refractivity contribution in [2.45, 2.75) is 39.2 Å². The molecule has 3 N–H and O–H groups in total. The van der Waals surface area contributed by atoms with E-state index >= 15 is 0 Å². The Morgan fingerprint density at radius 3 is 2.74 bits per heavy atom. The topological polar surface area (TPSA) is 64.3 Å². The van der Waals surface area contributed by atoms with Crippen molar-refractivity contribution < 1.29 is 9.53 Å². The van der Waals surface area contributed by atoms with Gasteiger partial charge in [-0.3, -0.25) is 0 Å². The number of esters is 1. The van der Waals surface area contributed by atoms with Gasteiger partial charge in [-0.1, -0.05) is 0 Å². The number of hydrogen-bond acceptors (Lipinski definition) is 4. The van der Waals surface area contributed by atoms with Gasteiger partial charge < -0.3 is 15.8 Å². The van der Waals surface area contributed by atoms with Gasteiger partial charge in [0.15, 0.2) is 0 Å². The number of rotatable bonds is 5. The molecule has 0 aromatic heterocycles. The zero-order valence-corrected chi connectivity index (χ0v) is 11.8. The number of ether oxygens (including phenoxy) is 1. The zero-order valence-electron chi connectivity index (χ0n) is 11.8. The Bertz CT molecular complexity index is 479. The zero-order chi connectivity index (χ0) is 14.0. The van der Waals surface area contributed by atoms with E-state index < -0.39 is 0 Å². The van der Waals surface area contributed by atoms with Crippen molar-refractivity contribution >= 4 is 17.3 Å². The maximum atomic E-state index is 12.0. The summed E-state index contributed by atoms with van der Waals surface area (Å²) in [4.78, 5) is 12.0. The summed E-state index contributed by atoms with van der Waals surface area (Å²) in [6.07, 6.45) is 2.48. The van der Waals surface area contributed by atoms with E-state index in [1.807, 2.05) is 6.07 Å². The molecule has 0 unspecified atom stereocenters. The van der Waals surface area contributed by atoms with Crippen molar-refractivity contribution in [2.24, 2.45) is 5.92 Å². The summed E-state index contributed by atoms with van der Waals surface area (Å²) in [5.41, 5.74) is 7.62. The molecule has 2 rings (SSSR count). The largest absolute Gasteiger partial charge is 0.462 e. The lowest BCUT2D eigenvalue weighted by atomic mass is 9.97. The molecule has 1 aromatic rings. The summed E-state index contributed by atoms with van der Waals surface area (Å²) >= 11 is 0. The Labute approximate surface area is 114 Å². The van der Waals surface area contributed by atoms with E-state index in [1.54, 1.807) is 19.1 Å². The first-order chi connectivity index (χ1) is 8.94. The molecule has 0 radical (unpaired) electrons. The molecular formula is C15H22N2O2. The molecule has 1 aromatic carbocycles. The monoisotopic (exact) mass is 262 g/mol. The highest BCUT2D eigenvalue weighted by atomic mass is 16.5. The predicted molar refractivity (Wildman–Crippen MR) is 77.2 cm³/mol. The standard InChI is InChI=1S/C15H22N2O2/c1-4-19-14(18)12-9-11(16)7-8-13(12)17-15(2,3)10-5-6-10/h7-10,17H,4-6,16H2,1-3H3. The second kappa shape index (κ2) is 5.11. The Morgan fingerprint density at radius 2 is 2.16 bits per heavy atom. The van der Waals surface area contributed by atoms with Crippen LogP contribution in [0.5, 0.6) is 0 Å². The first-order valence-electron chi connectivity index (χ1n) is 6.79. The number of carbonyl (C=O) groups is 1. The number of hydrogen-bond donors (Lipinski definition) is 2. The highest BCUT2D eigenvalue weighted by molar-refractivity contribution is 5.96. The number of nitrogens with one attached hydrogen (secondary N) is 1. The van der Waals surface area contributed by atoms with Crippen LogP contribution in [-0.2, 0) is 4.74 Å². The van der Waals surface area contributed by atoms with Crippen molar-refractivity contribution in [1.29, 1.82) is 0 Å². The quantitative estimate of drug-likeness (QED) is 0.632. The summed E-state index contributed by atoms with van der Waals surface area (Å²) in [5.74, 6) is 0.337. The fraction of sp³-hybridized carbons (Fsp3) is 0.533. The molecule has 1 aliphatic carbocycles. The second-order valence-electron chi connectivity index (χ2n) is 5.65. The van der Waals surface area contributed by atoms with Gasteiger partial charge in [-0.05, 0) is 57.7 Å². The minimum Gasteiger partial charge on any atom is -0.462 e. The van der Waals surface area contributed by atoms with Crippen LogP contribution in [-0.4, -0.2) is 18.1 Å². The van der Waals surface area contributed by atoms with Crippen LogP contribution in [0.4, 0.5) is 11.4 Å². The van der Waals surface area contributed by atoms with Gasteiger partial charge in [0.2, 0.25) is 0 Å². The van der Waals surface area contributed by atoms with Crippen LogP contribution in [0.15, 0.2) is 18.2 Å². The second-order valence-corrected chi connectivity index (χ2v) is 5.65. The van der Waals surface area contributed by atoms with Crippen LogP contribution >= 0.6 is 0 Å². The summed E-state index contributed by atoms with van der Waals surface area (Å²) in [7, 11) is 0. The van der Waals surface area contributed by atoms with Crippen LogP contribution in [0, 0.1) is 5.92 Å². The highest BCUT2D eigenvalue weighted by Gasteiger charge is 2.38. The Hall–Kier alpha value is -1.71. The molecule has 104 valence electrons. The number of nitrogen functional groups attached to an aromatic ring is 1. The van der Waals surface area contributed by atoms with E-state index in [0.717, 1.165) is 5.69 Å². The summed E-state index contributed by atoms with van der Waals surface area (Å²) < 4.78 is 5.08. The predicted octanol–water partition coefficient (Wildman–Crippen LogP) is 3.05. The average molecular weight is 262 g/mol. The van der Waals surface area contributed by atoms with Gasteiger partial charge in [0.25, 0.3) is 0 Å². The fourth-order valence-electron chi connectivity index (χ4n) is 2.30. The van der Waals surface area contributed by atoms with Gasteiger partial charge in [0, 0.05) is 16.9 Å². The first-order valence-corrected chi connectivity index (χ1v) is 6.79. The van der Waals surface area contributed by atoms with Gasteiger partial charge in [-0.15, -0.1) is 0 Å². The third-order valence-electron chi connectivity index (χ3n) is 3.59. The van der Waals surface area contributed by atoms with Crippen molar-refractivity contribution in [1.82, 2.24) is 0 Å². The van der Waals surface area contributed by atoms with E-state index in [-0.39, 0.29) is 11.5 Å². The van der Waals surface area contributed by atoms with Crippen LogP contribution in [0.1, 0.15) is 44.0 Å². The van der Waals surface area contributed by atoms with E-state index in [4.69, 9.17) is 10.5 Å². The number of benzene rings is 1. The summed E-state index contributed by atoms with van der Waals surface area (Å²) in [5, 5.41) is 3.46. The van der Waals surface area contributed by atoms with Crippen molar-refractivity contribution in [3.63, 3.8) is 0 Å². The molecule has 4 nitrogen and oxygen atoms in total. The van der Waals surface area contributed by atoms with E-state index in [1.165, 1.54) is 12.8 Å². The third-order valence-corrected chi connectivity index (χ3v) is 3.59. The number of anilines is 2. The van der Waals surface area contributed by atoms with E-state index in [0.29, 0.717) is 23.8 Å². The summed E-state index contributed by atoms with van der Waals surface area (Å²) in [6, 6.07) is 5.32. The smallest absolute Gasteiger partial charge is 0.340 e. The van der Waals surface area contributed by atoms with Gasteiger partial charge in [-0.25, -0.2) is 4.79 Å². The highest BCUT2D eigenvalue weighted by Crippen LogP contribution is 2.41. The third kappa shape index (κ3) is 3.19. The van der Waals surface area contributed by atoms with Crippen LogP contribution < -0.4 is 11.1 Å². The molecule has 0 amide bonds. The lowest BCUT2D eigenvalue weighted by Gasteiger charge is -2.28. The Balaban J connectivity index is 2.26. The van der Waals surface area contributed by atoms with Crippen LogP contribution in [0.3, 0.4) is 0 Å². The maximum Gasteiger partial charge on any atom is 0.340 e. The van der Waals surface area contributed by atoms with Crippen molar-refractivity contribution in [3.05, 3.63) is 23.8 Å². The number of carbonyl (C=O) groups excluding carboxylic acids is 1. The lowest BCUT2D eigenvalue weighted by Crippen LogP contribution is -2.34.